The first-order valence-corrected chi connectivity index (χ1v) is 6.06. The van der Waals surface area contributed by atoms with Crippen molar-refractivity contribution >= 4 is 5.78 Å². The van der Waals surface area contributed by atoms with E-state index < -0.39 is 0 Å². The first kappa shape index (κ1) is 14.9. The van der Waals surface area contributed by atoms with Crippen LogP contribution in [0.2, 0.25) is 0 Å². The van der Waals surface area contributed by atoms with Gasteiger partial charge in [-0.25, -0.2) is 0 Å². The molecule has 0 aliphatic carbocycles. The fourth-order valence-electron chi connectivity index (χ4n) is 1.28. The molecule has 0 bridgehead atoms. The molecule has 16 heavy (non-hydrogen) atoms. The Kier molecular flexibility index (Phi) is 7.53. The van der Waals surface area contributed by atoms with Crippen molar-refractivity contribution in [2.75, 3.05) is 0 Å². The Balaban J connectivity index is 0.000000673. The first-order chi connectivity index (χ1) is 7.51. The lowest BCUT2D eigenvalue weighted by atomic mass is 10.0. The van der Waals surface area contributed by atoms with Gasteiger partial charge in [-0.2, -0.15) is 0 Å². The van der Waals surface area contributed by atoms with Gasteiger partial charge < -0.3 is 4.79 Å². The number of rotatable bonds is 3. The molecule has 0 spiro atoms. The minimum atomic E-state index is 0.262. The second-order valence-electron chi connectivity index (χ2n) is 4.33. The van der Waals surface area contributed by atoms with E-state index >= 15 is 0 Å². The van der Waals surface area contributed by atoms with Crippen LogP contribution in [-0.4, -0.2) is 5.78 Å². The van der Waals surface area contributed by atoms with Crippen LogP contribution in [0, 0.1) is 13.8 Å². The molecular formula is C15H24O. The molecule has 1 aromatic carbocycles. The summed E-state index contributed by atoms with van der Waals surface area (Å²) in [7, 11) is 0. The maximum atomic E-state index is 10.8. The normalized spacial score (nSPS) is 9.31. The molecular weight excluding hydrogens is 196 g/mol. The summed E-state index contributed by atoms with van der Waals surface area (Å²) < 4.78 is 0. The molecule has 0 saturated heterocycles. The van der Waals surface area contributed by atoms with E-state index in [1.165, 1.54) is 23.1 Å². The summed E-state index contributed by atoms with van der Waals surface area (Å²) in [6.45, 7) is 10.1. The van der Waals surface area contributed by atoms with Gasteiger partial charge in [0.25, 0.3) is 0 Å². The molecule has 1 nitrogen and oxygen atoms in total. The fraction of sp³-hybridized carbons (Fsp3) is 0.533. The zero-order valence-corrected chi connectivity index (χ0v) is 11.3. The van der Waals surface area contributed by atoms with Crippen molar-refractivity contribution in [3.05, 3.63) is 34.9 Å². The number of hydrogen-bond acceptors (Lipinski definition) is 1. The number of benzene rings is 1. The van der Waals surface area contributed by atoms with E-state index in [9.17, 15) is 4.79 Å². The highest BCUT2D eigenvalue weighted by molar-refractivity contribution is 5.75. The predicted octanol–water partition coefficient (Wildman–Crippen LogP) is 4.24. The zero-order valence-electron chi connectivity index (χ0n) is 11.3. The van der Waals surface area contributed by atoms with E-state index in [-0.39, 0.29) is 5.78 Å². The molecule has 0 heterocycles. The highest BCUT2D eigenvalue weighted by Gasteiger charge is 1.98. The van der Waals surface area contributed by atoms with Crippen LogP contribution in [0.3, 0.4) is 0 Å². The quantitative estimate of drug-likeness (QED) is 0.744. The molecule has 0 fully saturated rings. The van der Waals surface area contributed by atoms with Gasteiger partial charge in [0.15, 0.2) is 0 Å². The molecule has 90 valence electrons. The van der Waals surface area contributed by atoms with Crippen LogP contribution in [0.4, 0.5) is 0 Å². The summed E-state index contributed by atoms with van der Waals surface area (Å²) >= 11 is 0. The van der Waals surface area contributed by atoms with E-state index in [2.05, 4.69) is 45.9 Å². The van der Waals surface area contributed by atoms with Crippen LogP contribution in [0.25, 0.3) is 0 Å². The van der Waals surface area contributed by atoms with E-state index in [0.29, 0.717) is 6.42 Å². The van der Waals surface area contributed by atoms with Gasteiger partial charge in [0.05, 0.1) is 0 Å². The number of carbonyl (C=O) groups excluding carboxylic acids is 1. The number of hydrogen-bond donors (Lipinski definition) is 0. The third-order valence-electron chi connectivity index (χ3n) is 2.34. The standard InChI is InChI=1S/C12H16O.C3H8/c1-9-4-6-12(8-10(9)2)7-5-11(3)13;1-3-2/h4,6,8H,5,7H2,1-3H3;3H2,1-2H3. The summed E-state index contributed by atoms with van der Waals surface area (Å²) in [6.07, 6.45) is 2.78. The van der Waals surface area contributed by atoms with Gasteiger partial charge in [0.1, 0.15) is 5.78 Å². The van der Waals surface area contributed by atoms with E-state index in [4.69, 9.17) is 0 Å². The molecule has 0 radical (unpaired) electrons. The van der Waals surface area contributed by atoms with Crippen LogP contribution in [0.15, 0.2) is 18.2 Å². The molecule has 0 aliphatic rings. The average Bonchev–Trinajstić information content (AvgIpc) is 2.21. The molecule has 1 heteroatoms. The number of aryl methyl sites for hydroxylation is 3. The van der Waals surface area contributed by atoms with Crippen molar-refractivity contribution in [3.63, 3.8) is 0 Å². The second kappa shape index (κ2) is 8.09. The summed E-state index contributed by atoms with van der Waals surface area (Å²) in [6, 6.07) is 6.38. The van der Waals surface area contributed by atoms with Crippen molar-refractivity contribution in [1.82, 2.24) is 0 Å². The Morgan fingerprint density at radius 2 is 1.69 bits per heavy atom. The maximum Gasteiger partial charge on any atom is 0.130 e. The van der Waals surface area contributed by atoms with Gasteiger partial charge in [0.2, 0.25) is 0 Å². The molecule has 0 unspecified atom stereocenters. The molecule has 1 rings (SSSR count). The molecule has 0 saturated carbocycles. The largest absolute Gasteiger partial charge is 0.300 e. The van der Waals surface area contributed by atoms with Gasteiger partial charge in [-0.1, -0.05) is 38.5 Å². The van der Waals surface area contributed by atoms with Gasteiger partial charge in [-0.3, -0.25) is 0 Å². The van der Waals surface area contributed by atoms with Gasteiger partial charge in [0, 0.05) is 6.42 Å². The maximum absolute atomic E-state index is 10.8. The van der Waals surface area contributed by atoms with Crippen LogP contribution in [0.1, 0.15) is 50.3 Å². The lowest BCUT2D eigenvalue weighted by Crippen LogP contribution is -1.94. The lowest BCUT2D eigenvalue weighted by Gasteiger charge is -2.03. The van der Waals surface area contributed by atoms with Crippen molar-refractivity contribution in [1.29, 1.82) is 0 Å². The number of carbonyl (C=O) groups is 1. The molecule has 0 aromatic heterocycles. The van der Waals surface area contributed by atoms with E-state index in [1.54, 1.807) is 6.92 Å². The average molecular weight is 220 g/mol. The monoisotopic (exact) mass is 220 g/mol. The molecule has 0 amide bonds. The molecule has 0 aliphatic heterocycles. The topological polar surface area (TPSA) is 17.1 Å². The minimum absolute atomic E-state index is 0.262. The smallest absolute Gasteiger partial charge is 0.130 e. The molecule has 0 N–H and O–H groups in total. The third kappa shape index (κ3) is 6.39. The second-order valence-corrected chi connectivity index (χ2v) is 4.33. The molecule has 1 aromatic rings. The summed E-state index contributed by atoms with van der Waals surface area (Å²) in [4.78, 5) is 10.8. The Hall–Kier alpha value is -1.11. The van der Waals surface area contributed by atoms with E-state index in [0.717, 1.165) is 6.42 Å². The highest BCUT2D eigenvalue weighted by Crippen LogP contribution is 2.11. The fourth-order valence-corrected chi connectivity index (χ4v) is 1.28. The summed E-state index contributed by atoms with van der Waals surface area (Å²) in [5, 5.41) is 0. The predicted molar refractivity (Wildman–Crippen MR) is 70.9 cm³/mol. The van der Waals surface area contributed by atoms with Crippen LogP contribution in [0.5, 0.6) is 0 Å². The van der Waals surface area contributed by atoms with Crippen molar-refractivity contribution < 1.29 is 4.79 Å². The third-order valence-corrected chi connectivity index (χ3v) is 2.34. The zero-order chi connectivity index (χ0) is 12.6. The summed E-state index contributed by atoms with van der Waals surface area (Å²) in [5.41, 5.74) is 3.88. The Labute approximate surface area is 99.9 Å². The lowest BCUT2D eigenvalue weighted by molar-refractivity contribution is -0.116. The van der Waals surface area contributed by atoms with Crippen LogP contribution < -0.4 is 0 Å². The number of ketones is 1. The Morgan fingerprint density at radius 1 is 1.12 bits per heavy atom. The van der Waals surface area contributed by atoms with Gasteiger partial charge in [-0.15, -0.1) is 0 Å². The summed E-state index contributed by atoms with van der Waals surface area (Å²) in [5.74, 6) is 0.262. The van der Waals surface area contributed by atoms with Gasteiger partial charge in [-0.05, 0) is 43.9 Å². The van der Waals surface area contributed by atoms with Crippen molar-refractivity contribution in [2.45, 2.75) is 53.9 Å². The van der Waals surface area contributed by atoms with Crippen molar-refractivity contribution in [2.24, 2.45) is 0 Å². The van der Waals surface area contributed by atoms with Crippen LogP contribution >= 0.6 is 0 Å². The van der Waals surface area contributed by atoms with Gasteiger partial charge >= 0.3 is 0 Å². The highest BCUT2D eigenvalue weighted by atomic mass is 16.1. The SMILES string of the molecule is CC(=O)CCc1ccc(C)c(C)c1.CCC. The Morgan fingerprint density at radius 3 is 2.12 bits per heavy atom. The number of Topliss-reactive ketones (excluding diaryl/α,β-unsaturated/α-hetero) is 1. The van der Waals surface area contributed by atoms with E-state index in [1.807, 2.05) is 0 Å². The molecule has 0 atom stereocenters. The van der Waals surface area contributed by atoms with Crippen molar-refractivity contribution in [3.8, 4) is 0 Å². The Bertz CT molecular complexity index is 326. The van der Waals surface area contributed by atoms with Crippen LogP contribution in [-0.2, 0) is 11.2 Å². The first-order valence-electron chi connectivity index (χ1n) is 6.06. The minimum Gasteiger partial charge on any atom is -0.300 e.